The Hall–Kier alpha value is -2.87. The lowest BCUT2D eigenvalue weighted by atomic mass is 10.1. The first-order valence-electron chi connectivity index (χ1n) is 10.2. The van der Waals surface area contributed by atoms with E-state index in [1.54, 1.807) is 25.1 Å². The number of sulfonamides is 1. The van der Waals surface area contributed by atoms with Gasteiger partial charge in [-0.05, 0) is 55.7 Å². The summed E-state index contributed by atoms with van der Waals surface area (Å²) < 4.78 is 27.6. The predicted octanol–water partition coefficient (Wildman–Crippen LogP) is 5.31. The fourth-order valence-electron chi connectivity index (χ4n) is 3.02. The van der Waals surface area contributed by atoms with E-state index < -0.39 is 22.5 Å². The molecule has 0 fully saturated rings. The van der Waals surface area contributed by atoms with Crippen molar-refractivity contribution in [1.29, 1.82) is 0 Å². The molecule has 0 radical (unpaired) electrons. The number of hydrogen-bond acceptors (Lipinski definition) is 4. The molecule has 0 aliphatic carbocycles. The van der Waals surface area contributed by atoms with Crippen molar-refractivity contribution in [3.8, 4) is 0 Å². The Balaban J connectivity index is 1.77. The van der Waals surface area contributed by atoms with Gasteiger partial charge >= 0.3 is 0 Å². The number of nitrogens with zero attached hydrogens (tertiary/aromatic N) is 2. The number of halogens is 2. The minimum atomic E-state index is -4.04. The van der Waals surface area contributed by atoms with E-state index in [0.29, 0.717) is 6.42 Å². The van der Waals surface area contributed by atoms with Crippen LogP contribution in [0.1, 0.15) is 18.9 Å². The van der Waals surface area contributed by atoms with Gasteiger partial charge in [-0.15, -0.1) is 0 Å². The number of benzene rings is 3. The molecule has 172 valence electrons. The number of anilines is 1. The van der Waals surface area contributed by atoms with Gasteiger partial charge in [-0.25, -0.2) is 13.8 Å². The van der Waals surface area contributed by atoms with Crippen LogP contribution in [0.4, 0.5) is 5.69 Å². The maximum Gasteiger partial charge on any atom is 0.264 e. The van der Waals surface area contributed by atoms with Crippen LogP contribution in [0, 0.1) is 0 Å². The highest BCUT2D eigenvalue weighted by Crippen LogP contribution is 2.30. The molecule has 0 aromatic heterocycles. The van der Waals surface area contributed by atoms with E-state index in [9.17, 15) is 13.2 Å². The van der Waals surface area contributed by atoms with Crippen molar-refractivity contribution in [3.63, 3.8) is 0 Å². The van der Waals surface area contributed by atoms with Gasteiger partial charge in [0, 0.05) is 5.71 Å². The fourth-order valence-corrected chi connectivity index (χ4v) is 4.75. The maximum absolute atomic E-state index is 13.3. The molecule has 3 rings (SSSR count). The zero-order valence-electron chi connectivity index (χ0n) is 17.9. The summed E-state index contributed by atoms with van der Waals surface area (Å²) in [4.78, 5) is 12.7. The molecular formula is C24H23Cl2N3O3S. The second kappa shape index (κ2) is 11.3. The normalized spacial score (nSPS) is 11.8. The minimum absolute atomic E-state index is 0.0476. The van der Waals surface area contributed by atoms with Crippen molar-refractivity contribution in [2.75, 3.05) is 10.8 Å². The van der Waals surface area contributed by atoms with Crippen molar-refractivity contribution in [2.45, 2.75) is 24.7 Å². The molecule has 0 saturated heterocycles. The molecule has 1 N–H and O–H groups in total. The van der Waals surface area contributed by atoms with Crippen molar-refractivity contribution in [1.82, 2.24) is 5.43 Å². The Morgan fingerprint density at radius 1 is 0.939 bits per heavy atom. The average Bonchev–Trinajstić information content (AvgIpc) is 2.83. The zero-order chi connectivity index (χ0) is 23.8. The zero-order valence-corrected chi connectivity index (χ0v) is 20.2. The van der Waals surface area contributed by atoms with Crippen LogP contribution in [0.25, 0.3) is 0 Å². The van der Waals surface area contributed by atoms with Crippen LogP contribution >= 0.6 is 23.2 Å². The molecule has 9 heteroatoms. The summed E-state index contributed by atoms with van der Waals surface area (Å²) in [6, 6.07) is 22.2. The standard InChI is InChI=1S/C24H23Cl2N3O3S/c1-18(12-13-19-8-4-2-5-9-19)27-28-24(30)17-29(20-14-15-22(25)23(26)16-20)33(31,32)21-10-6-3-7-11-21/h2-11,14-16H,12-13,17H2,1H3,(H,28,30)/b27-18-. The monoisotopic (exact) mass is 503 g/mol. The number of amides is 1. The minimum Gasteiger partial charge on any atom is -0.271 e. The van der Waals surface area contributed by atoms with Gasteiger partial charge in [0.15, 0.2) is 0 Å². The van der Waals surface area contributed by atoms with Crippen LogP contribution in [-0.4, -0.2) is 26.6 Å². The molecule has 3 aromatic rings. The summed E-state index contributed by atoms with van der Waals surface area (Å²) in [5.41, 5.74) is 4.55. The van der Waals surface area contributed by atoms with Gasteiger partial charge in [-0.3, -0.25) is 9.10 Å². The maximum atomic E-state index is 13.3. The van der Waals surface area contributed by atoms with Gasteiger partial charge < -0.3 is 0 Å². The van der Waals surface area contributed by atoms with Crippen LogP contribution in [0.2, 0.25) is 10.0 Å². The van der Waals surface area contributed by atoms with Crippen LogP contribution in [0.15, 0.2) is 88.9 Å². The molecule has 3 aromatic carbocycles. The lowest BCUT2D eigenvalue weighted by Gasteiger charge is -2.24. The molecule has 6 nitrogen and oxygen atoms in total. The molecule has 0 bridgehead atoms. The predicted molar refractivity (Wildman–Crippen MR) is 133 cm³/mol. The van der Waals surface area contributed by atoms with E-state index in [1.165, 1.54) is 30.3 Å². The molecule has 0 aliphatic rings. The van der Waals surface area contributed by atoms with E-state index in [1.807, 2.05) is 30.3 Å². The van der Waals surface area contributed by atoms with Gasteiger partial charge in [0.2, 0.25) is 0 Å². The highest BCUT2D eigenvalue weighted by Gasteiger charge is 2.27. The molecule has 0 unspecified atom stereocenters. The van der Waals surface area contributed by atoms with Crippen molar-refractivity contribution >= 4 is 50.5 Å². The third kappa shape index (κ3) is 6.81. The number of carbonyl (C=O) groups is 1. The Morgan fingerprint density at radius 3 is 2.21 bits per heavy atom. The molecule has 1 amide bonds. The number of hydrogen-bond donors (Lipinski definition) is 1. The van der Waals surface area contributed by atoms with Crippen LogP contribution in [-0.2, 0) is 21.2 Å². The fraction of sp³-hybridized carbons (Fsp3) is 0.167. The Kier molecular flexibility index (Phi) is 8.49. The van der Waals surface area contributed by atoms with Gasteiger partial charge in [0.05, 0.1) is 20.6 Å². The summed E-state index contributed by atoms with van der Waals surface area (Å²) in [6.45, 7) is 1.32. The number of carbonyl (C=O) groups excluding carboxylic acids is 1. The van der Waals surface area contributed by atoms with Crippen LogP contribution < -0.4 is 9.73 Å². The first-order valence-corrected chi connectivity index (χ1v) is 12.4. The second-order valence-electron chi connectivity index (χ2n) is 7.29. The summed E-state index contributed by atoms with van der Waals surface area (Å²) >= 11 is 12.1. The largest absolute Gasteiger partial charge is 0.271 e. The van der Waals surface area contributed by atoms with Crippen LogP contribution in [0.5, 0.6) is 0 Å². The first kappa shape index (κ1) is 24.8. The van der Waals surface area contributed by atoms with Gasteiger partial charge in [0.25, 0.3) is 15.9 Å². The summed E-state index contributed by atoms with van der Waals surface area (Å²) in [5.74, 6) is -0.584. The quantitative estimate of drug-likeness (QED) is 0.317. The highest BCUT2D eigenvalue weighted by atomic mass is 35.5. The first-order chi connectivity index (χ1) is 15.8. The third-order valence-electron chi connectivity index (χ3n) is 4.80. The van der Waals surface area contributed by atoms with E-state index >= 15 is 0 Å². The SMILES string of the molecule is C/C(CCc1ccccc1)=N/NC(=O)CN(c1ccc(Cl)c(Cl)c1)S(=O)(=O)c1ccccc1. The van der Waals surface area contributed by atoms with Gasteiger partial charge in [-0.2, -0.15) is 5.10 Å². The lowest BCUT2D eigenvalue weighted by molar-refractivity contribution is -0.119. The number of rotatable bonds is 9. The molecule has 0 heterocycles. The lowest BCUT2D eigenvalue weighted by Crippen LogP contribution is -2.39. The average molecular weight is 504 g/mol. The van der Waals surface area contributed by atoms with Crippen molar-refractivity contribution in [2.24, 2.45) is 5.10 Å². The molecule has 0 saturated carbocycles. The molecular weight excluding hydrogens is 481 g/mol. The van der Waals surface area contributed by atoms with E-state index in [2.05, 4.69) is 10.5 Å². The highest BCUT2D eigenvalue weighted by molar-refractivity contribution is 7.92. The van der Waals surface area contributed by atoms with Gasteiger partial charge in [0.1, 0.15) is 6.54 Å². The number of aryl methyl sites for hydroxylation is 1. The number of nitrogens with one attached hydrogen (secondary N) is 1. The van der Waals surface area contributed by atoms with Gasteiger partial charge in [-0.1, -0.05) is 71.7 Å². The summed E-state index contributed by atoms with van der Waals surface area (Å²) in [5, 5.41) is 4.58. The molecule has 0 atom stereocenters. The summed E-state index contributed by atoms with van der Waals surface area (Å²) in [7, 11) is -4.04. The molecule has 0 aliphatic heterocycles. The Labute approximate surface area is 203 Å². The van der Waals surface area contributed by atoms with Crippen molar-refractivity contribution in [3.05, 3.63) is 94.5 Å². The Morgan fingerprint density at radius 2 is 1.58 bits per heavy atom. The summed E-state index contributed by atoms with van der Waals surface area (Å²) in [6.07, 6.45) is 1.44. The second-order valence-corrected chi connectivity index (χ2v) is 9.97. The van der Waals surface area contributed by atoms with Crippen LogP contribution in [0.3, 0.4) is 0 Å². The van der Waals surface area contributed by atoms with E-state index in [4.69, 9.17) is 23.2 Å². The van der Waals surface area contributed by atoms with Crippen molar-refractivity contribution < 1.29 is 13.2 Å². The topological polar surface area (TPSA) is 78.8 Å². The Bertz CT molecular complexity index is 1230. The van der Waals surface area contributed by atoms with E-state index in [0.717, 1.165) is 22.0 Å². The third-order valence-corrected chi connectivity index (χ3v) is 7.33. The number of hydrazone groups is 1. The molecule has 33 heavy (non-hydrogen) atoms. The van der Waals surface area contributed by atoms with E-state index in [-0.39, 0.29) is 20.6 Å². The smallest absolute Gasteiger partial charge is 0.264 e. The molecule has 0 spiro atoms.